The first-order valence-electron chi connectivity index (χ1n) is 11.4. The molecule has 0 aliphatic carbocycles. The van der Waals surface area contributed by atoms with E-state index in [2.05, 4.69) is 0 Å². The number of benzene rings is 2. The molecule has 1 saturated heterocycles. The number of nitrogens with zero attached hydrogens (tertiary/aromatic N) is 2. The average molecular weight is 495 g/mol. The molecule has 10 heteroatoms. The molecule has 0 radical (unpaired) electrons. The van der Waals surface area contributed by atoms with Crippen LogP contribution in [0.15, 0.2) is 76.4 Å². The summed E-state index contributed by atoms with van der Waals surface area (Å²) >= 11 is 0. The predicted molar refractivity (Wildman–Crippen MR) is 127 cm³/mol. The second-order valence-corrected chi connectivity index (χ2v) is 8.31. The van der Waals surface area contributed by atoms with E-state index < -0.39 is 41.8 Å². The lowest BCUT2D eigenvalue weighted by Gasteiger charge is -2.18. The van der Waals surface area contributed by atoms with Gasteiger partial charge >= 0.3 is 17.6 Å². The molecule has 3 aromatic rings. The third-order valence-electron chi connectivity index (χ3n) is 5.59. The molecule has 4 rings (SSSR count). The minimum atomic E-state index is -1.22. The summed E-state index contributed by atoms with van der Waals surface area (Å²) in [6, 6.07) is 17.7. The van der Waals surface area contributed by atoms with Gasteiger partial charge in [0.1, 0.15) is 13.0 Å². The van der Waals surface area contributed by atoms with Gasteiger partial charge in [-0.3, -0.25) is 14.2 Å². The van der Waals surface area contributed by atoms with E-state index in [1.807, 2.05) is 30.3 Å². The molecule has 1 unspecified atom stereocenters. The third kappa shape index (κ3) is 5.78. The molecule has 1 aliphatic heterocycles. The molecule has 1 aromatic heterocycles. The lowest BCUT2D eigenvalue weighted by atomic mass is 10.2. The highest BCUT2D eigenvalue weighted by Crippen LogP contribution is 2.31. The van der Waals surface area contributed by atoms with Crippen LogP contribution in [-0.4, -0.2) is 33.5 Å². The van der Waals surface area contributed by atoms with Gasteiger partial charge in [0.05, 0.1) is 12.2 Å². The van der Waals surface area contributed by atoms with Crippen LogP contribution in [0, 0.1) is 6.92 Å². The Bertz CT molecular complexity index is 1330. The number of aromatic nitrogens is 2. The molecule has 0 amide bonds. The largest absolute Gasteiger partial charge is 0.452 e. The van der Waals surface area contributed by atoms with Crippen molar-refractivity contribution >= 4 is 11.9 Å². The van der Waals surface area contributed by atoms with Crippen molar-refractivity contribution in [3.8, 4) is 0 Å². The van der Waals surface area contributed by atoms with Crippen LogP contribution in [0.1, 0.15) is 41.1 Å². The average Bonchev–Trinajstić information content (AvgIpc) is 3.25. The van der Waals surface area contributed by atoms with E-state index >= 15 is 0 Å². The van der Waals surface area contributed by atoms with Crippen LogP contribution in [0.3, 0.4) is 0 Å². The summed E-state index contributed by atoms with van der Waals surface area (Å²) in [5.41, 5.74) is 0.339. The number of aryl methyl sites for hydroxylation is 1. The van der Waals surface area contributed by atoms with E-state index in [0.29, 0.717) is 5.56 Å². The van der Waals surface area contributed by atoms with E-state index in [4.69, 9.17) is 18.9 Å². The highest BCUT2D eigenvalue weighted by molar-refractivity contribution is 5.89. The van der Waals surface area contributed by atoms with Gasteiger partial charge < -0.3 is 18.9 Å². The van der Waals surface area contributed by atoms with E-state index in [1.165, 1.54) is 17.7 Å². The molecular formula is C26H26N2O8. The molecule has 0 saturated carbocycles. The zero-order valence-electron chi connectivity index (χ0n) is 19.9. The fourth-order valence-electron chi connectivity index (χ4n) is 3.85. The predicted octanol–water partition coefficient (Wildman–Crippen LogP) is 2.53. The van der Waals surface area contributed by atoms with E-state index in [9.17, 15) is 19.2 Å². The summed E-state index contributed by atoms with van der Waals surface area (Å²) in [7, 11) is 0. The first-order valence-corrected chi connectivity index (χ1v) is 11.4. The number of rotatable bonds is 8. The van der Waals surface area contributed by atoms with Gasteiger partial charge in [0.15, 0.2) is 6.10 Å². The van der Waals surface area contributed by atoms with Gasteiger partial charge in [0.25, 0.3) is 5.56 Å². The van der Waals surface area contributed by atoms with Gasteiger partial charge in [-0.1, -0.05) is 48.5 Å². The van der Waals surface area contributed by atoms with Crippen LogP contribution in [0.5, 0.6) is 0 Å². The van der Waals surface area contributed by atoms with Crippen molar-refractivity contribution < 1.29 is 28.5 Å². The van der Waals surface area contributed by atoms with Gasteiger partial charge in [-0.2, -0.15) is 0 Å². The van der Waals surface area contributed by atoms with Crippen molar-refractivity contribution in [1.82, 2.24) is 9.13 Å². The zero-order chi connectivity index (χ0) is 25.7. The van der Waals surface area contributed by atoms with Crippen molar-refractivity contribution in [2.24, 2.45) is 0 Å². The number of hydrogen-bond donors (Lipinski definition) is 0. The Morgan fingerprint density at radius 1 is 1.00 bits per heavy atom. The van der Waals surface area contributed by atoms with Crippen LogP contribution in [-0.2, 0) is 37.1 Å². The van der Waals surface area contributed by atoms with Crippen LogP contribution in [0.4, 0.5) is 0 Å². The monoisotopic (exact) mass is 494 g/mol. The van der Waals surface area contributed by atoms with Crippen molar-refractivity contribution in [2.75, 3.05) is 0 Å². The fourth-order valence-corrected chi connectivity index (χ4v) is 3.85. The molecule has 1 fully saturated rings. The summed E-state index contributed by atoms with van der Waals surface area (Å²) in [5.74, 6) is -1.26. The number of carbonyl (C=O) groups is 2. The fraction of sp³-hybridized carbons (Fsp3) is 0.308. The Hall–Kier alpha value is -4.02. The molecule has 3 atom stereocenters. The van der Waals surface area contributed by atoms with E-state index in [-0.39, 0.29) is 25.3 Å². The van der Waals surface area contributed by atoms with Crippen molar-refractivity contribution in [3.63, 3.8) is 0 Å². The van der Waals surface area contributed by atoms with Crippen LogP contribution >= 0.6 is 0 Å². The van der Waals surface area contributed by atoms with Crippen LogP contribution < -0.4 is 11.2 Å². The molecule has 10 nitrogen and oxygen atoms in total. The molecule has 188 valence electrons. The lowest BCUT2D eigenvalue weighted by molar-refractivity contribution is -0.191. The van der Waals surface area contributed by atoms with E-state index in [1.54, 1.807) is 37.3 Å². The van der Waals surface area contributed by atoms with Gasteiger partial charge in [0, 0.05) is 25.1 Å². The maximum absolute atomic E-state index is 13.2. The second kappa shape index (κ2) is 11.1. The highest BCUT2D eigenvalue weighted by atomic mass is 16.7. The SMILES string of the molecule is CC(=O)OC1O[C@@H](n2cc(C)c(=O)n(COCc3ccccc3)c2=O)C[C@@H]1OC(=O)c1ccccc1. The summed E-state index contributed by atoms with van der Waals surface area (Å²) in [4.78, 5) is 50.1. The Labute approximate surface area is 206 Å². The van der Waals surface area contributed by atoms with Gasteiger partial charge in [0.2, 0.25) is 6.29 Å². The van der Waals surface area contributed by atoms with Gasteiger partial charge in [-0.25, -0.2) is 14.2 Å². The molecule has 1 aliphatic rings. The van der Waals surface area contributed by atoms with Crippen LogP contribution in [0.25, 0.3) is 0 Å². The summed E-state index contributed by atoms with van der Waals surface area (Å²) in [6.07, 6.45) is -1.74. The van der Waals surface area contributed by atoms with Gasteiger partial charge in [-0.05, 0) is 24.6 Å². The summed E-state index contributed by atoms with van der Waals surface area (Å²) in [5, 5.41) is 0. The van der Waals surface area contributed by atoms with Crippen molar-refractivity contribution in [2.45, 2.75) is 52.2 Å². The van der Waals surface area contributed by atoms with E-state index in [0.717, 1.165) is 10.1 Å². The highest BCUT2D eigenvalue weighted by Gasteiger charge is 2.42. The molecule has 2 heterocycles. The summed E-state index contributed by atoms with van der Waals surface area (Å²) < 4.78 is 24.3. The zero-order valence-corrected chi connectivity index (χ0v) is 19.9. The minimum absolute atomic E-state index is 0.0267. The first-order chi connectivity index (χ1) is 17.3. The number of hydrogen-bond acceptors (Lipinski definition) is 8. The number of carbonyl (C=O) groups excluding carboxylic acids is 2. The quantitative estimate of drug-likeness (QED) is 0.439. The Morgan fingerprint density at radius 2 is 1.67 bits per heavy atom. The maximum Gasteiger partial charge on any atom is 0.338 e. The lowest BCUT2D eigenvalue weighted by Crippen LogP contribution is -2.42. The topological polar surface area (TPSA) is 115 Å². The van der Waals surface area contributed by atoms with Crippen LogP contribution in [0.2, 0.25) is 0 Å². The van der Waals surface area contributed by atoms with Crippen molar-refractivity contribution in [1.29, 1.82) is 0 Å². The first kappa shape index (κ1) is 25.1. The molecule has 0 bridgehead atoms. The minimum Gasteiger partial charge on any atom is -0.452 e. The maximum atomic E-state index is 13.2. The Morgan fingerprint density at radius 3 is 2.33 bits per heavy atom. The molecule has 2 aromatic carbocycles. The smallest absolute Gasteiger partial charge is 0.338 e. The Balaban J connectivity index is 1.54. The van der Waals surface area contributed by atoms with Crippen molar-refractivity contribution in [3.05, 3.63) is 104 Å². The third-order valence-corrected chi connectivity index (χ3v) is 5.59. The summed E-state index contributed by atoms with van der Waals surface area (Å²) in [6.45, 7) is 2.72. The normalized spacial score (nSPS) is 19.1. The molecule has 0 spiro atoms. The standard InChI is InChI=1S/C26H26N2O8/c1-17-14-27(26(32)28(23(17)30)16-33-15-19-9-5-3-6-10-19)22-13-21(25(36-22)34-18(2)29)35-24(31)20-11-7-4-8-12-20/h3-12,14,21-22,25H,13,15-16H2,1-2H3/t21-,22+,25?/m0/s1. The second-order valence-electron chi connectivity index (χ2n) is 8.31. The number of ether oxygens (including phenoxy) is 4. The molecule has 0 N–H and O–H groups in total. The van der Waals surface area contributed by atoms with Gasteiger partial charge in [-0.15, -0.1) is 0 Å². The molecule has 36 heavy (non-hydrogen) atoms. The molecular weight excluding hydrogens is 468 g/mol. The number of esters is 2. The Kier molecular flexibility index (Phi) is 7.77.